The van der Waals surface area contributed by atoms with Gasteiger partial charge < -0.3 is 0 Å². The van der Waals surface area contributed by atoms with Crippen LogP contribution in [0.25, 0.3) is 0 Å². The first-order valence-corrected chi connectivity index (χ1v) is 5.69. The lowest BCUT2D eigenvalue weighted by Crippen LogP contribution is -2.40. The molecule has 1 aliphatic heterocycles. The van der Waals surface area contributed by atoms with Crippen LogP contribution in [0.3, 0.4) is 0 Å². The third-order valence-electron chi connectivity index (χ3n) is 2.07. The van der Waals surface area contributed by atoms with Crippen molar-refractivity contribution in [3.63, 3.8) is 0 Å². The maximum absolute atomic E-state index is 11.2. The summed E-state index contributed by atoms with van der Waals surface area (Å²) in [6, 6.07) is -0.132. The van der Waals surface area contributed by atoms with Crippen molar-refractivity contribution in [1.82, 2.24) is 5.32 Å². The molecule has 1 heterocycles. The van der Waals surface area contributed by atoms with E-state index in [-0.39, 0.29) is 17.6 Å². The summed E-state index contributed by atoms with van der Waals surface area (Å²) in [7, 11) is 0. The number of carbonyl (C=O) groups excluding carboxylic acids is 2. The standard InChI is InChI=1S/C9H15NO2S/c1-7(11)9-6-13-4-2-3-8(12)5-10-9/h9-10H,2-6H2,1H3/t9-/m0/s1. The van der Waals surface area contributed by atoms with Crippen molar-refractivity contribution in [2.24, 2.45) is 0 Å². The first-order chi connectivity index (χ1) is 6.20. The third kappa shape index (κ3) is 3.91. The first-order valence-electron chi connectivity index (χ1n) is 4.53. The van der Waals surface area contributed by atoms with E-state index in [1.165, 1.54) is 0 Å². The number of carbonyl (C=O) groups is 2. The monoisotopic (exact) mass is 201 g/mol. The SMILES string of the molecule is CC(=O)[C@@H]1CSCCCC(=O)CN1. The fourth-order valence-electron chi connectivity index (χ4n) is 1.22. The molecule has 13 heavy (non-hydrogen) atoms. The predicted octanol–water partition coefficient (Wildman–Crippen LogP) is 0.630. The Morgan fingerprint density at radius 2 is 2.38 bits per heavy atom. The highest BCUT2D eigenvalue weighted by molar-refractivity contribution is 7.99. The normalized spacial score (nSPS) is 25.9. The summed E-state index contributed by atoms with van der Waals surface area (Å²) in [5.41, 5.74) is 0. The van der Waals surface area contributed by atoms with Gasteiger partial charge in [0.1, 0.15) is 11.6 Å². The summed E-state index contributed by atoms with van der Waals surface area (Å²) < 4.78 is 0. The van der Waals surface area contributed by atoms with Gasteiger partial charge in [0.2, 0.25) is 0 Å². The molecule has 1 aliphatic rings. The molecule has 0 aromatic rings. The van der Waals surface area contributed by atoms with Gasteiger partial charge in [-0.2, -0.15) is 11.8 Å². The second-order valence-corrected chi connectivity index (χ2v) is 4.41. The highest BCUT2D eigenvalue weighted by Crippen LogP contribution is 2.09. The van der Waals surface area contributed by atoms with E-state index in [0.29, 0.717) is 13.0 Å². The molecule has 1 saturated heterocycles. The lowest BCUT2D eigenvalue weighted by atomic mass is 10.2. The number of hydrogen-bond acceptors (Lipinski definition) is 4. The summed E-state index contributed by atoms with van der Waals surface area (Å²) >= 11 is 1.75. The van der Waals surface area contributed by atoms with Crippen molar-refractivity contribution in [3.8, 4) is 0 Å². The average molecular weight is 201 g/mol. The van der Waals surface area contributed by atoms with E-state index in [0.717, 1.165) is 17.9 Å². The van der Waals surface area contributed by atoms with Crippen LogP contribution in [0.2, 0.25) is 0 Å². The minimum Gasteiger partial charge on any atom is -0.300 e. The van der Waals surface area contributed by atoms with Crippen LogP contribution in [0.5, 0.6) is 0 Å². The minimum atomic E-state index is -0.132. The molecule has 0 bridgehead atoms. The lowest BCUT2D eigenvalue weighted by molar-refractivity contribution is -0.119. The predicted molar refractivity (Wildman–Crippen MR) is 54.0 cm³/mol. The Balaban J connectivity index is 2.46. The Kier molecular flexibility index (Phi) is 4.45. The van der Waals surface area contributed by atoms with E-state index >= 15 is 0 Å². The molecule has 1 rings (SSSR count). The van der Waals surface area contributed by atoms with Crippen LogP contribution in [-0.2, 0) is 9.59 Å². The minimum absolute atomic E-state index is 0.127. The largest absolute Gasteiger partial charge is 0.300 e. The highest BCUT2D eigenvalue weighted by atomic mass is 32.2. The van der Waals surface area contributed by atoms with Crippen molar-refractivity contribution in [1.29, 1.82) is 0 Å². The van der Waals surface area contributed by atoms with Crippen LogP contribution >= 0.6 is 11.8 Å². The van der Waals surface area contributed by atoms with E-state index in [4.69, 9.17) is 0 Å². The van der Waals surface area contributed by atoms with E-state index in [1.54, 1.807) is 18.7 Å². The first kappa shape index (κ1) is 10.7. The molecular formula is C9H15NO2S. The molecule has 0 amide bonds. The van der Waals surface area contributed by atoms with Crippen molar-refractivity contribution >= 4 is 23.3 Å². The molecule has 4 heteroatoms. The zero-order chi connectivity index (χ0) is 9.68. The van der Waals surface area contributed by atoms with Gasteiger partial charge in [0.15, 0.2) is 0 Å². The van der Waals surface area contributed by atoms with Gasteiger partial charge in [-0.1, -0.05) is 0 Å². The van der Waals surface area contributed by atoms with Crippen LogP contribution in [-0.4, -0.2) is 35.7 Å². The Bertz CT molecular complexity index is 206. The van der Waals surface area contributed by atoms with Crippen LogP contribution < -0.4 is 5.32 Å². The molecule has 74 valence electrons. The van der Waals surface area contributed by atoms with Crippen molar-refractivity contribution in [2.45, 2.75) is 25.8 Å². The fourth-order valence-corrected chi connectivity index (χ4v) is 2.32. The molecule has 0 radical (unpaired) electrons. The molecular weight excluding hydrogens is 186 g/mol. The lowest BCUT2D eigenvalue weighted by Gasteiger charge is -2.12. The number of nitrogens with one attached hydrogen (secondary N) is 1. The fraction of sp³-hybridized carbons (Fsp3) is 0.778. The van der Waals surface area contributed by atoms with Crippen LogP contribution in [0, 0.1) is 0 Å². The van der Waals surface area contributed by atoms with Gasteiger partial charge >= 0.3 is 0 Å². The molecule has 0 aliphatic carbocycles. The summed E-state index contributed by atoms with van der Waals surface area (Å²) in [4.78, 5) is 22.3. The number of thioether (sulfide) groups is 1. The molecule has 1 fully saturated rings. The quantitative estimate of drug-likeness (QED) is 0.676. The van der Waals surface area contributed by atoms with Crippen LogP contribution in [0.4, 0.5) is 0 Å². The topological polar surface area (TPSA) is 46.2 Å². The van der Waals surface area contributed by atoms with Crippen molar-refractivity contribution in [2.75, 3.05) is 18.1 Å². The zero-order valence-corrected chi connectivity index (χ0v) is 8.65. The van der Waals surface area contributed by atoms with Gasteiger partial charge in [0.25, 0.3) is 0 Å². The molecule has 0 aromatic carbocycles. The summed E-state index contributed by atoms with van der Waals surface area (Å²) in [5.74, 6) is 2.12. The molecule has 0 spiro atoms. The Morgan fingerprint density at radius 1 is 1.62 bits per heavy atom. The Hall–Kier alpha value is -0.350. The maximum Gasteiger partial charge on any atom is 0.147 e. The maximum atomic E-state index is 11.2. The van der Waals surface area contributed by atoms with Gasteiger partial charge in [0.05, 0.1) is 12.6 Å². The van der Waals surface area contributed by atoms with E-state index in [9.17, 15) is 9.59 Å². The molecule has 3 nitrogen and oxygen atoms in total. The van der Waals surface area contributed by atoms with Gasteiger partial charge in [-0.25, -0.2) is 0 Å². The van der Waals surface area contributed by atoms with Gasteiger partial charge in [-0.05, 0) is 19.1 Å². The number of rotatable bonds is 1. The van der Waals surface area contributed by atoms with Crippen molar-refractivity contribution < 1.29 is 9.59 Å². The summed E-state index contributed by atoms with van der Waals surface area (Å²) in [6.07, 6.45) is 1.58. The van der Waals surface area contributed by atoms with Crippen LogP contribution in [0.15, 0.2) is 0 Å². The molecule has 0 unspecified atom stereocenters. The second kappa shape index (κ2) is 5.40. The van der Waals surface area contributed by atoms with Crippen molar-refractivity contribution in [3.05, 3.63) is 0 Å². The molecule has 0 saturated carbocycles. The average Bonchev–Trinajstić information content (AvgIpc) is 2.17. The third-order valence-corrected chi connectivity index (χ3v) is 3.21. The smallest absolute Gasteiger partial charge is 0.147 e. The Labute approximate surface area is 82.6 Å². The highest BCUT2D eigenvalue weighted by Gasteiger charge is 2.16. The zero-order valence-electron chi connectivity index (χ0n) is 7.84. The number of ketones is 2. The Morgan fingerprint density at radius 3 is 3.08 bits per heavy atom. The number of Topliss-reactive ketones (excluding diaryl/α,β-unsaturated/α-hetero) is 2. The molecule has 0 aromatic heterocycles. The summed E-state index contributed by atoms with van der Waals surface area (Å²) in [6.45, 7) is 1.92. The van der Waals surface area contributed by atoms with E-state index < -0.39 is 0 Å². The van der Waals surface area contributed by atoms with E-state index in [1.807, 2.05) is 0 Å². The van der Waals surface area contributed by atoms with Gasteiger partial charge in [-0.3, -0.25) is 14.9 Å². The number of hydrogen-bond donors (Lipinski definition) is 1. The van der Waals surface area contributed by atoms with Crippen LogP contribution in [0.1, 0.15) is 19.8 Å². The van der Waals surface area contributed by atoms with Gasteiger partial charge in [0, 0.05) is 12.2 Å². The second-order valence-electron chi connectivity index (χ2n) is 3.26. The molecule has 1 N–H and O–H groups in total. The summed E-state index contributed by atoms with van der Waals surface area (Å²) in [5, 5.41) is 2.99. The van der Waals surface area contributed by atoms with Gasteiger partial charge in [-0.15, -0.1) is 0 Å². The molecule has 1 atom stereocenters. The van der Waals surface area contributed by atoms with E-state index in [2.05, 4.69) is 5.32 Å².